The molecule has 1 heterocycles. The summed E-state index contributed by atoms with van der Waals surface area (Å²) in [6, 6.07) is 17.2. The van der Waals surface area contributed by atoms with Crippen LogP contribution in [-0.2, 0) is 20.8 Å². The highest BCUT2D eigenvalue weighted by Crippen LogP contribution is 2.49. The van der Waals surface area contributed by atoms with Crippen LogP contribution in [0.2, 0.25) is 0 Å². The highest BCUT2D eigenvalue weighted by molar-refractivity contribution is 5.87. The number of fused-ring (bicyclic) bond motifs is 3. The van der Waals surface area contributed by atoms with Crippen LogP contribution in [0.4, 0.5) is 0 Å². The first-order valence-corrected chi connectivity index (χ1v) is 10.4. The number of hydrogen-bond acceptors (Lipinski definition) is 3. The van der Waals surface area contributed by atoms with E-state index in [0.29, 0.717) is 19.5 Å². The molecule has 156 valence electrons. The molecule has 0 saturated carbocycles. The lowest BCUT2D eigenvalue weighted by molar-refractivity contribution is -0.135. The van der Waals surface area contributed by atoms with Gasteiger partial charge in [0.2, 0.25) is 17.7 Å². The van der Waals surface area contributed by atoms with Gasteiger partial charge in [0, 0.05) is 45.2 Å². The molecule has 1 saturated heterocycles. The zero-order valence-electron chi connectivity index (χ0n) is 17.3. The van der Waals surface area contributed by atoms with Gasteiger partial charge in [-0.1, -0.05) is 54.6 Å². The Hall–Kier alpha value is -3.15. The lowest BCUT2D eigenvalue weighted by atomic mass is 9.94. The number of nitrogens with one attached hydrogen (secondary N) is 2. The van der Waals surface area contributed by atoms with Gasteiger partial charge in [0.05, 0.1) is 6.04 Å². The largest absolute Gasteiger partial charge is 0.349 e. The molecule has 4 rings (SSSR count). The number of carbonyl (C=O) groups excluding carboxylic acids is 3. The second kappa shape index (κ2) is 8.30. The van der Waals surface area contributed by atoms with Gasteiger partial charge < -0.3 is 15.5 Å². The maximum Gasteiger partial charge on any atom is 0.245 e. The number of amides is 3. The SMILES string of the molecule is CC(=O)N[C@@H](Cc1ccccc1)C(=O)N1C[C@@H]2[C@H](NC(C)=O)c3ccccc3[C@@H]2C1. The van der Waals surface area contributed by atoms with Gasteiger partial charge in [-0.05, 0) is 16.7 Å². The van der Waals surface area contributed by atoms with Crippen molar-refractivity contribution in [1.29, 1.82) is 0 Å². The highest BCUT2D eigenvalue weighted by atomic mass is 16.2. The van der Waals surface area contributed by atoms with E-state index in [1.165, 1.54) is 19.4 Å². The highest BCUT2D eigenvalue weighted by Gasteiger charge is 2.48. The van der Waals surface area contributed by atoms with Crippen LogP contribution < -0.4 is 10.6 Å². The van der Waals surface area contributed by atoms with Crippen molar-refractivity contribution in [3.8, 4) is 0 Å². The molecule has 1 aliphatic carbocycles. The van der Waals surface area contributed by atoms with Crippen molar-refractivity contribution in [1.82, 2.24) is 15.5 Å². The fourth-order valence-corrected chi connectivity index (χ4v) is 4.96. The molecular formula is C24H27N3O3. The molecule has 0 bridgehead atoms. The number of benzene rings is 2. The second-order valence-corrected chi connectivity index (χ2v) is 8.26. The first kappa shape index (κ1) is 20.1. The van der Waals surface area contributed by atoms with E-state index < -0.39 is 6.04 Å². The van der Waals surface area contributed by atoms with Crippen molar-refractivity contribution < 1.29 is 14.4 Å². The summed E-state index contributed by atoms with van der Waals surface area (Å²) in [6.45, 7) is 4.13. The van der Waals surface area contributed by atoms with Gasteiger partial charge in [-0.2, -0.15) is 0 Å². The third-order valence-electron chi connectivity index (χ3n) is 6.15. The van der Waals surface area contributed by atoms with Gasteiger partial charge in [-0.15, -0.1) is 0 Å². The van der Waals surface area contributed by atoms with Crippen molar-refractivity contribution in [2.24, 2.45) is 5.92 Å². The molecule has 3 amide bonds. The van der Waals surface area contributed by atoms with Crippen LogP contribution in [0, 0.1) is 5.92 Å². The summed E-state index contributed by atoms with van der Waals surface area (Å²) in [5, 5.41) is 5.92. The van der Waals surface area contributed by atoms with Crippen LogP contribution in [0.5, 0.6) is 0 Å². The van der Waals surface area contributed by atoms with Crippen LogP contribution >= 0.6 is 0 Å². The molecule has 0 spiro atoms. The number of likely N-dealkylation sites (tertiary alicyclic amines) is 1. The Morgan fingerprint density at radius 3 is 2.27 bits per heavy atom. The zero-order valence-corrected chi connectivity index (χ0v) is 17.3. The predicted octanol–water partition coefficient (Wildman–Crippen LogP) is 2.17. The molecule has 1 aliphatic heterocycles. The first-order valence-electron chi connectivity index (χ1n) is 10.4. The number of carbonyl (C=O) groups is 3. The Morgan fingerprint density at radius 2 is 1.60 bits per heavy atom. The van der Waals surface area contributed by atoms with Crippen LogP contribution in [0.3, 0.4) is 0 Å². The first-order chi connectivity index (χ1) is 14.4. The normalized spacial score (nSPS) is 22.7. The molecule has 30 heavy (non-hydrogen) atoms. The van der Waals surface area contributed by atoms with E-state index in [2.05, 4.69) is 22.8 Å². The maximum absolute atomic E-state index is 13.4. The lowest BCUT2D eigenvalue weighted by Gasteiger charge is -2.26. The maximum atomic E-state index is 13.4. The van der Waals surface area contributed by atoms with E-state index in [4.69, 9.17) is 0 Å². The molecule has 0 aromatic heterocycles. The molecule has 2 aromatic carbocycles. The van der Waals surface area contributed by atoms with E-state index in [9.17, 15) is 14.4 Å². The van der Waals surface area contributed by atoms with Crippen molar-refractivity contribution in [3.05, 3.63) is 71.3 Å². The lowest BCUT2D eigenvalue weighted by Crippen LogP contribution is -2.49. The molecule has 2 aliphatic rings. The van der Waals surface area contributed by atoms with E-state index >= 15 is 0 Å². The molecule has 6 heteroatoms. The van der Waals surface area contributed by atoms with Crippen LogP contribution in [0.25, 0.3) is 0 Å². The van der Waals surface area contributed by atoms with Gasteiger partial charge in [0.1, 0.15) is 6.04 Å². The molecule has 6 nitrogen and oxygen atoms in total. The Labute approximate surface area is 176 Å². The summed E-state index contributed by atoms with van der Waals surface area (Å²) in [6.07, 6.45) is 0.455. The molecule has 2 aromatic rings. The number of nitrogens with zero attached hydrogens (tertiary/aromatic N) is 1. The molecule has 1 fully saturated rings. The molecule has 2 N–H and O–H groups in total. The summed E-state index contributed by atoms with van der Waals surface area (Å²) in [5.74, 6) is -0.0188. The van der Waals surface area contributed by atoms with Crippen molar-refractivity contribution >= 4 is 17.7 Å². The monoisotopic (exact) mass is 405 g/mol. The van der Waals surface area contributed by atoms with Crippen LogP contribution in [0.15, 0.2) is 54.6 Å². The molecule has 4 atom stereocenters. The average molecular weight is 405 g/mol. The summed E-state index contributed by atoms with van der Waals surface area (Å²) >= 11 is 0. The van der Waals surface area contributed by atoms with Gasteiger partial charge >= 0.3 is 0 Å². The summed E-state index contributed by atoms with van der Waals surface area (Å²) in [4.78, 5) is 38.8. The minimum absolute atomic E-state index is 0.0671. The minimum Gasteiger partial charge on any atom is -0.349 e. The molecular weight excluding hydrogens is 378 g/mol. The van der Waals surface area contributed by atoms with E-state index in [-0.39, 0.29) is 35.6 Å². The predicted molar refractivity (Wildman–Crippen MR) is 114 cm³/mol. The Morgan fingerprint density at radius 1 is 0.933 bits per heavy atom. The summed E-state index contributed by atoms with van der Waals surface area (Å²) < 4.78 is 0. The van der Waals surface area contributed by atoms with Gasteiger partial charge in [-0.25, -0.2) is 0 Å². The third-order valence-corrected chi connectivity index (χ3v) is 6.15. The Kier molecular flexibility index (Phi) is 5.57. The summed E-state index contributed by atoms with van der Waals surface area (Å²) in [7, 11) is 0. The molecule has 0 unspecified atom stereocenters. The van der Waals surface area contributed by atoms with E-state index in [0.717, 1.165) is 11.1 Å². The fourth-order valence-electron chi connectivity index (χ4n) is 4.96. The topological polar surface area (TPSA) is 78.5 Å². The third kappa shape index (κ3) is 3.95. The quantitative estimate of drug-likeness (QED) is 0.800. The minimum atomic E-state index is -0.599. The van der Waals surface area contributed by atoms with Crippen LogP contribution in [0.1, 0.15) is 42.5 Å². The van der Waals surface area contributed by atoms with Gasteiger partial charge in [0.15, 0.2) is 0 Å². The van der Waals surface area contributed by atoms with Crippen molar-refractivity contribution in [2.45, 2.75) is 38.3 Å². The van der Waals surface area contributed by atoms with Gasteiger partial charge in [0.25, 0.3) is 0 Å². The van der Waals surface area contributed by atoms with Crippen molar-refractivity contribution in [2.75, 3.05) is 13.1 Å². The summed E-state index contributed by atoms with van der Waals surface area (Å²) in [5.41, 5.74) is 3.36. The Bertz CT molecular complexity index is 959. The van der Waals surface area contributed by atoms with Gasteiger partial charge in [-0.3, -0.25) is 14.4 Å². The second-order valence-electron chi connectivity index (χ2n) is 8.26. The average Bonchev–Trinajstić information content (AvgIpc) is 3.26. The Balaban J connectivity index is 1.55. The van der Waals surface area contributed by atoms with E-state index in [1.807, 2.05) is 47.4 Å². The number of rotatable bonds is 5. The van der Waals surface area contributed by atoms with E-state index in [1.54, 1.807) is 0 Å². The zero-order chi connectivity index (χ0) is 21.3. The molecule has 0 radical (unpaired) electrons. The fraction of sp³-hybridized carbons (Fsp3) is 0.375. The van der Waals surface area contributed by atoms with Crippen LogP contribution in [-0.4, -0.2) is 41.8 Å². The standard InChI is InChI=1S/C24H27N3O3/c1-15(28)25-22(12-17-8-4-3-5-9-17)24(30)27-13-20-18-10-6-7-11-19(18)23(21(20)14-27)26-16(2)29/h3-11,20-23H,12-14H2,1-2H3,(H,25,28)(H,26,29)/t20-,21-,22-,23+/m0/s1. The number of hydrogen-bond donors (Lipinski definition) is 2. The smallest absolute Gasteiger partial charge is 0.245 e. The van der Waals surface area contributed by atoms with Crippen molar-refractivity contribution in [3.63, 3.8) is 0 Å².